The zero-order valence-electron chi connectivity index (χ0n) is 32.9. The van der Waals surface area contributed by atoms with Gasteiger partial charge >= 0.3 is 23.9 Å². The molecule has 0 radical (unpaired) electrons. The fourth-order valence-corrected chi connectivity index (χ4v) is 5.97. The molecular formula is C40H57N5O13. The Morgan fingerprint density at radius 3 is 1.55 bits per heavy atom. The molecule has 1 unspecified atom stereocenters. The Bertz CT molecular complexity index is 1700. The second-order valence-electron chi connectivity index (χ2n) is 14.1. The van der Waals surface area contributed by atoms with E-state index >= 15 is 0 Å². The lowest BCUT2D eigenvalue weighted by molar-refractivity contribution is -0.147. The predicted octanol–water partition coefficient (Wildman–Crippen LogP) is 2.07. The van der Waals surface area contributed by atoms with Gasteiger partial charge in [0.05, 0.1) is 19.5 Å². The molecule has 320 valence electrons. The number of amides is 3. The number of carbonyl (C=O) groups excluding carboxylic acids is 3. The summed E-state index contributed by atoms with van der Waals surface area (Å²) in [5.41, 5.74) is 2.03. The smallest absolute Gasteiger partial charge is 0.326 e. The SMILES string of the molecule is CCCCNC(=O)CCCCCNC(=O)CCc1ccc(O)c(CN(CCN(CC(=O)O)Cc2cc(CCC(=O)NC(CC(=O)O)C(=O)O)ccc2O)CC(=O)O)c1. The van der Waals surface area contributed by atoms with Crippen LogP contribution in [0.15, 0.2) is 36.4 Å². The van der Waals surface area contributed by atoms with Crippen molar-refractivity contribution in [2.24, 2.45) is 0 Å². The first-order valence-corrected chi connectivity index (χ1v) is 19.3. The average molecular weight is 816 g/mol. The van der Waals surface area contributed by atoms with Gasteiger partial charge in [0.15, 0.2) is 0 Å². The zero-order chi connectivity index (χ0) is 43.0. The predicted molar refractivity (Wildman–Crippen MR) is 210 cm³/mol. The molecule has 0 aliphatic heterocycles. The number of aryl methyl sites for hydroxylation is 2. The Balaban J connectivity index is 1.98. The summed E-state index contributed by atoms with van der Waals surface area (Å²) in [5.74, 6) is -6.27. The van der Waals surface area contributed by atoms with Gasteiger partial charge in [-0.25, -0.2) is 4.79 Å². The first kappa shape index (κ1) is 48.4. The Hall–Kier alpha value is -5.75. The molecular weight excluding hydrogens is 758 g/mol. The Labute approximate surface area is 337 Å². The van der Waals surface area contributed by atoms with Crippen molar-refractivity contribution < 1.29 is 64.2 Å². The number of phenols is 2. The fraction of sp³-hybridized carbons (Fsp3) is 0.525. The second-order valence-corrected chi connectivity index (χ2v) is 14.1. The molecule has 2 aromatic rings. The number of carboxylic acid groups (broad SMARTS) is 4. The monoisotopic (exact) mass is 815 g/mol. The molecule has 0 saturated carbocycles. The lowest BCUT2D eigenvalue weighted by Gasteiger charge is -2.26. The number of aromatic hydroxyl groups is 2. The standard InChI is InChI=1S/C40H57N5O13/c1-2-3-16-41-34(48)7-5-4-6-17-42-35(49)14-10-27-8-12-32(46)29(20-27)23-44(25-38(53)54)18-19-45(26-39(55)56)24-30-21-28(9-13-33(30)47)11-15-36(50)43-31(40(57)58)22-37(51)52/h8-9,12-13,20-21,31,46-47H,2-7,10-11,14-19,22-26H2,1H3,(H,41,48)(H,42,49)(H,43,50)(H,51,52)(H,53,54)(H,55,56)(H,57,58). The highest BCUT2D eigenvalue weighted by molar-refractivity contribution is 5.86. The number of rotatable bonds is 30. The number of nitrogens with one attached hydrogen (secondary N) is 3. The number of carboxylic acids is 4. The molecule has 3 amide bonds. The van der Waals surface area contributed by atoms with E-state index in [9.17, 15) is 59.1 Å². The van der Waals surface area contributed by atoms with Crippen molar-refractivity contribution in [3.05, 3.63) is 58.7 Å². The summed E-state index contributed by atoms with van der Waals surface area (Å²) in [6, 6.07) is 7.68. The van der Waals surface area contributed by atoms with Crippen LogP contribution in [0.4, 0.5) is 0 Å². The minimum absolute atomic E-state index is 0.00624. The maximum absolute atomic E-state index is 12.5. The maximum atomic E-state index is 12.5. The molecule has 18 heteroatoms. The van der Waals surface area contributed by atoms with Gasteiger partial charge in [-0.3, -0.25) is 38.6 Å². The van der Waals surface area contributed by atoms with Crippen LogP contribution in [0.25, 0.3) is 0 Å². The summed E-state index contributed by atoms with van der Waals surface area (Å²) in [6.45, 7) is 2.34. The van der Waals surface area contributed by atoms with Gasteiger partial charge in [0.1, 0.15) is 17.5 Å². The molecule has 1 atom stereocenters. The van der Waals surface area contributed by atoms with E-state index in [1.165, 1.54) is 28.0 Å². The van der Waals surface area contributed by atoms with Gasteiger partial charge in [-0.1, -0.05) is 44.0 Å². The van der Waals surface area contributed by atoms with Gasteiger partial charge in [-0.05, 0) is 55.4 Å². The molecule has 2 rings (SSSR count). The molecule has 0 bridgehead atoms. The highest BCUT2D eigenvalue weighted by Gasteiger charge is 2.23. The Kier molecular flexibility index (Phi) is 21.9. The molecule has 2 aromatic carbocycles. The minimum atomic E-state index is -1.61. The van der Waals surface area contributed by atoms with Gasteiger partial charge in [0, 0.05) is 69.7 Å². The minimum Gasteiger partial charge on any atom is -0.508 e. The van der Waals surface area contributed by atoms with Gasteiger partial charge in [0.2, 0.25) is 17.7 Å². The van der Waals surface area contributed by atoms with Crippen molar-refractivity contribution in [3.8, 4) is 11.5 Å². The summed E-state index contributed by atoms with van der Waals surface area (Å²) in [5, 5.41) is 66.5. The van der Waals surface area contributed by atoms with E-state index in [0.29, 0.717) is 42.6 Å². The number of aliphatic carboxylic acids is 4. The normalized spacial score (nSPS) is 11.6. The van der Waals surface area contributed by atoms with E-state index in [-0.39, 0.29) is 68.8 Å². The number of unbranched alkanes of at least 4 members (excludes halogenated alkanes) is 3. The van der Waals surface area contributed by atoms with Crippen molar-refractivity contribution in [2.45, 2.75) is 96.7 Å². The summed E-state index contributed by atoms with van der Waals surface area (Å²) >= 11 is 0. The highest BCUT2D eigenvalue weighted by atomic mass is 16.4. The van der Waals surface area contributed by atoms with Crippen LogP contribution in [0, 0.1) is 0 Å². The number of hydrogen-bond acceptors (Lipinski definition) is 11. The first-order valence-electron chi connectivity index (χ1n) is 19.3. The third-order valence-corrected chi connectivity index (χ3v) is 9.07. The highest BCUT2D eigenvalue weighted by Crippen LogP contribution is 2.23. The number of carbonyl (C=O) groups is 7. The van der Waals surface area contributed by atoms with Gasteiger partial charge in [-0.15, -0.1) is 0 Å². The molecule has 0 heterocycles. The molecule has 0 aromatic heterocycles. The van der Waals surface area contributed by atoms with Crippen LogP contribution >= 0.6 is 0 Å². The van der Waals surface area contributed by atoms with Crippen LogP contribution in [0.5, 0.6) is 11.5 Å². The van der Waals surface area contributed by atoms with E-state index in [2.05, 4.69) is 22.9 Å². The van der Waals surface area contributed by atoms with E-state index in [1.807, 2.05) is 0 Å². The van der Waals surface area contributed by atoms with Crippen LogP contribution in [0.1, 0.15) is 87.0 Å². The molecule has 9 N–H and O–H groups in total. The van der Waals surface area contributed by atoms with Crippen LogP contribution in [0.2, 0.25) is 0 Å². The number of phenolic OH excluding ortho intramolecular Hbond substituents is 2. The lowest BCUT2D eigenvalue weighted by atomic mass is 10.0. The van der Waals surface area contributed by atoms with E-state index in [1.54, 1.807) is 18.2 Å². The molecule has 0 aliphatic rings. The van der Waals surface area contributed by atoms with Gasteiger partial charge < -0.3 is 46.6 Å². The average Bonchev–Trinajstić information content (AvgIpc) is 3.14. The largest absolute Gasteiger partial charge is 0.508 e. The molecule has 0 saturated heterocycles. The van der Waals surface area contributed by atoms with Gasteiger partial charge in [-0.2, -0.15) is 0 Å². The van der Waals surface area contributed by atoms with Crippen LogP contribution in [-0.4, -0.2) is 127 Å². The van der Waals surface area contributed by atoms with Crippen molar-refractivity contribution in [1.82, 2.24) is 25.8 Å². The lowest BCUT2D eigenvalue weighted by Crippen LogP contribution is -2.42. The maximum Gasteiger partial charge on any atom is 0.326 e. The van der Waals surface area contributed by atoms with E-state index in [0.717, 1.165) is 37.7 Å². The first-order chi connectivity index (χ1) is 27.6. The van der Waals surface area contributed by atoms with E-state index < -0.39 is 55.3 Å². The Morgan fingerprint density at radius 2 is 1.09 bits per heavy atom. The summed E-state index contributed by atoms with van der Waals surface area (Å²) in [6.07, 6.45) is 4.36. The molecule has 18 nitrogen and oxygen atoms in total. The number of nitrogens with zero attached hydrogens (tertiary/aromatic N) is 2. The van der Waals surface area contributed by atoms with E-state index in [4.69, 9.17) is 5.11 Å². The summed E-state index contributed by atoms with van der Waals surface area (Å²) in [4.78, 5) is 85.4. The fourth-order valence-electron chi connectivity index (χ4n) is 5.97. The zero-order valence-corrected chi connectivity index (χ0v) is 32.9. The number of hydrogen-bond donors (Lipinski definition) is 9. The van der Waals surface area contributed by atoms with Crippen molar-refractivity contribution in [3.63, 3.8) is 0 Å². The third-order valence-electron chi connectivity index (χ3n) is 9.07. The quantitative estimate of drug-likeness (QED) is 0.0511. The van der Waals surface area contributed by atoms with Gasteiger partial charge in [0.25, 0.3) is 0 Å². The van der Waals surface area contributed by atoms with Crippen molar-refractivity contribution in [2.75, 3.05) is 39.3 Å². The topological polar surface area (TPSA) is 283 Å². The van der Waals surface area contributed by atoms with Crippen LogP contribution in [-0.2, 0) is 59.5 Å². The van der Waals surface area contributed by atoms with Crippen molar-refractivity contribution in [1.29, 1.82) is 0 Å². The Morgan fingerprint density at radius 1 is 0.603 bits per heavy atom. The number of benzene rings is 2. The van der Waals surface area contributed by atoms with Crippen LogP contribution < -0.4 is 16.0 Å². The molecule has 0 fully saturated rings. The molecule has 0 aliphatic carbocycles. The summed E-state index contributed by atoms with van der Waals surface area (Å²) in [7, 11) is 0. The van der Waals surface area contributed by atoms with Crippen molar-refractivity contribution >= 4 is 41.6 Å². The third kappa shape index (κ3) is 20.4. The summed E-state index contributed by atoms with van der Waals surface area (Å²) < 4.78 is 0. The second kappa shape index (κ2) is 26.2. The van der Waals surface area contributed by atoms with Crippen LogP contribution in [0.3, 0.4) is 0 Å². The molecule has 58 heavy (non-hydrogen) atoms. The molecule has 0 spiro atoms.